The molecule has 2 heterocycles. The Hall–Kier alpha value is -5.63. The van der Waals surface area contributed by atoms with E-state index in [0.717, 1.165) is 0 Å². The van der Waals surface area contributed by atoms with Gasteiger partial charge in [0.2, 0.25) is 0 Å². The Morgan fingerprint density at radius 2 is 0.922 bits per heavy atom. The maximum atomic E-state index is 13.6. The van der Waals surface area contributed by atoms with Gasteiger partial charge in [-0.15, -0.1) is 0 Å². The van der Waals surface area contributed by atoms with Gasteiger partial charge in [-0.05, 0) is 84.9 Å². The van der Waals surface area contributed by atoms with Crippen LogP contribution in [-0.4, -0.2) is 83.7 Å². The molecule has 13 heteroatoms. The van der Waals surface area contributed by atoms with Gasteiger partial charge >= 0.3 is 17.9 Å². The van der Waals surface area contributed by atoms with Gasteiger partial charge in [0.15, 0.2) is 30.9 Å². The van der Waals surface area contributed by atoms with Crippen molar-refractivity contribution in [2.24, 2.45) is 0 Å². The lowest BCUT2D eigenvalue weighted by Gasteiger charge is -2.41. The molecular weight excluding hydrogens is 664 g/mol. The van der Waals surface area contributed by atoms with Crippen LogP contribution in [0.2, 0.25) is 0 Å². The fourth-order valence-electron chi connectivity index (χ4n) is 5.56. The summed E-state index contributed by atoms with van der Waals surface area (Å²) in [5, 5.41) is 0. The molecule has 0 aliphatic carbocycles. The van der Waals surface area contributed by atoms with Crippen LogP contribution in [-0.2, 0) is 28.4 Å². The lowest BCUT2D eigenvalue weighted by molar-refractivity contribution is -0.252. The third-order valence-electron chi connectivity index (χ3n) is 8.36. The number of methoxy groups -OCH3 is 4. The maximum Gasteiger partial charge on any atom is 0.338 e. The van der Waals surface area contributed by atoms with Crippen molar-refractivity contribution in [3.05, 3.63) is 119 Å². The largest absolute Gasteiger partial charge is 0.497 e. The summed E-state index contributed by atoms with van der Waals surface area (Å²) in [5.41, 5.74) is 1.26. The highest BCUT2D eigenvalue weighted by Crippen LogP contribution is 2.41. The second-order valence-electron chi connectivity index (χ2n) is 11.4. The van der Waals surface area contributed by atoms with Gasteiger partial charge in [0, 0.05) is 5.56 Å². The molecule has 0 saturated carbocycles. The van der Waals surface area contributed by atoms with Crippen molar-refractivity contribution in [3.63, 3.8) is 0 Å². The van der Waals surface area contributed by atoms with Gasteiger partial charge in [0.25, 0.3) is 0 Å². The molecule has 2 aliphatic heterocycles. The van der Waals surface area contributed by atoms with Crippen LogP contribution < -0.4 is 18.9 Å². The number of carbonyl (C=O) groups is 3. The summed E-state index contributed by atoms with van der Waals surface area (Å²) < 4.78 is 57.4. The number of carbonyl (C=O) groups excluding carboxylic acids is 3. The fraction of sp³-hybridized carbons (Fsp3) is 0.289. The number of benzene rings is 4. The van der Waals surface area contributed by atoms with E-state index in [2.05, 4.69) is 0 Å². The normalized spacial score (nSPS) is 22.2. The Balaban J connectivity index is 1.32. The van der Waals surface area contributed by atoms with Crippen molar-refractivity contribution in [2.45, 2.75) is 37.0 Å². The molecule has 13 nitrogen and oxygen atoms in total. The SMILES string of the molecule is COc1ccc(C(=O)OC[C@H]2O[C@@H]3O[C@@H](c4ccc(OC)cc4)O[C@H]3[C@@H](OC(=O)c3ccc(OC)cc3)[C@@H]2OC(=O)c2ccc(OC)cc2)cc1. The third kappa shape index (κ3) is 8.07. The summed E-state index contributed by atoms with van der Waals surface area (Å²) in [6.07, 6.45) is -6.92. The molecule has 2 saturated heterocycles. The summed E-state index contributed by atoms with van der Waals surface area (Å²) in [7, 11) is 6.08. The first-order valence-corrected chi connectivity index (χ1v) is 15.9. The van der Waals surface area contributed by atoms with Crippen LogP contribution in [0.1, 0.15) is 42.9 Å². The Morgan fingerprint density at radius 3 is 1.37 bits per heavy atom. The lowest BCUT2D eigenvalue weighted by atomic mass is 9.98. The monoisotopic (exact) mass is 700 g/mol. The molecule has 0 radical (unpaired) electrons. The van der Waals surface area contributed by atoms with E-state index < -0.39 is 61.5 Å². The van der Waals surface area contributed by atoms with Crippen molar-refractivity contribution < 1.29 is 61.8 Å². The van der Waals surface area contributed by atoms with E-state index in [1.165, 1.54) is 45.6 Å². The summed E-state index contributed by atoms with van der Waals surface area (Å²) in [5.74, 6) is 0.0938. The van der Waals surface area contributed by atoms with Crippen molar-refractivity contribution in [2.75, 3.05) is 35.0 Å². The minimum absolute atomic E-state index is 0.187. The number of rotatable bonds is 12. The molecule has 266 valence electrons. The number of fused-ring (bicyclic) bond motifs is 1. The standard InChI is InChI=1S/C38H36O13/c1-42-26-13-5-22(6-14-26)34(39)46-21-30-31(48-35(40)23-7-15-27(43-2)16-8-23)32(49-36(41)24-9-17-28(44-3)18-10-24)33-38(47-30)51-37(50-33)25-11-19-29(45-4)20-12-25/h5-20,30-33,37-38H,21H2,1-4H3/t30-,31-,32+,33+,37+,38-/m1/s1. The highest BCUT2D eigenvalue weighted by Gasteiger charge is 2.56. The zero-order chi connectivity index (χ0) is 35.9. The van der Waals surface area contributed by atoms with Crippen molar-refractivity contribution in [3.8, 4) is 23.0 Å². The number of hydrogen-bond acceptors (Lipinski definition) is 13. The molecule has 0 spiro atoms. The van der Waals surface area contributed by atoms with Gasteiger partial charge < -0.3 is 47.4 Å². The average Bonchev–Trinajstić information content (AvgIpc) is 3.62. The molecule has 0 aromatic heterocycles. The minimum atomic E-state index is -1.33. The van der Waals surface area contributed by atoms with Crippen molar-refractivity contribution in [1.82, 2.24) is 0 Å². The van der Waals surface area contributed by atoms with Crippen LogP contribution in [0.3, 0.4) is 0 Å². The van der Waals surface area contributed by atoms with Gasteiger partial charge in [0.05, 0.1) is 45.1 Å². The minimum Gasteiger partial charge on any atom is -0.497 e. The van der Waals surface area contributed by atoms with E-state index in [0.29, 0.717) is 28.6 Å². The van der Waals surface area contributed by atoms with Crippen LogP contribution >= 0.6 is 0 Å². The summed E-state index contributed by atoms with van der Waals surface area (Å²) in [6.45, 7) is -0.401. The van der Waals surface area contributed by atoms with Crippen LogP contribution in [0, 0.1) is 0 Å². The summed E-state index contributed by atoms with van der Waals surface area (Å²) in [6, 6.07) is 25.9. The summed E-state index contributed by atoms with van der Waals surface area (Å²) >= 11 is 0. The van der Waals surface area contributed by atoms with Crippen molar-refractivity contribution >= 4 is 17.9 Å². The van der Waals surface area contributed by atoms with E-state index in [9.17, 15) is 14.4 Å². The zero-order valence-corrected chi connectivity index (χ0v) is 28.2. The molecule has 4 aromatic carbocycles. The molecular formula is C38H36O13. The Labute approximate surface area is 293 Å². The molecule has 6 atom stereocenters. The number of esters is 3. The smallest absolute Gasteiger partial charge is 0.338 e. The topological polar surface area (TPSA) is 144 Å². The Morgan fingerprint density at radius 1 is 0.510 bits per heavy atom. The van der Waals surface area contributed by atoms with Gasteiger partial charge in [-0.3, -0.25) is 0 Å². The molecule has 2 aliphatic rings. The average molecular weight is 701 g/mol. The molecule has 0 amide bonds. The van der Waals surface area contributed by atoms with E-state index in [4.69, 9.17) is 47.4 Å². The van der Waals surface area contributed by atoms with Gasteiger partial charge in [-0.2, -0.15) is 0 Å². The molecule has 0 bridgehead atoms. The van der Waals surface area contributed by atoms with E-state index in [-0.39, 0.29) is 16.7 Å². The van der Waals surface area contributed by atoms with E-state index in [1.807, 2.05) is 0 Å². The second-order valence-corrected chi connectivity index (χ2v) is 11.4. The third-order valence-corrected chi connectivity index (χ3v) is 8.36. The predicted octanol–water partition coefficient (Wildman–Crippen LogP) is 5.17. The van der Waals surface area contributed by atoms with Gasteiger partial charge in [-0.1, -0.05) is 12.1 Å². The number of ether oxygens (including phenoxy) is 10. The quantitative estimate of drug-likeness (QED) is 0.142. The Bertz CT molecular complexity index is 1790. The highest BCUT2D eigenvalue weighted by atomic mass is 16.8. The first-order chi connectivity index (χ1) is 24.8. The number of hydrogen-bond donors (Lipinski definition) is 0. The molecule has 0 unspecified atom stereocenters. The predicted molar refractivity (Wildman–Crippen MR) is 178 cm³/mol. The molecule has 6 rings (SSSR count). The molecule has 2 fully saturated rings. The maximum absolute atomic E-state index is 13.6. The Kier molecular flexibility index (Phi) is 11.0. The zero-order valence-electron chi connectivity index (χ0n) is 28.2. The van der Waals surface area contributed by atoms with Crippen molar-refractivity contribution in [1.29, 1.82) is 0 Å². The first-order valence-electron chi connectivity index (χ1n) is 15.9. The van der Waals surface area contributed by atoms with Gasteiger partial charge in [-0.25, -0.2) is 14.4 Å². The van der Waals surface area contributed by atoms with E-state index in [1.54, 1.807) is 79.9 Å². The molecule has 0 N–H and O–H groups in total. The summed E-state index contributed by atoms with van der Waals surface area (Å²) in [4.78, 5) is 40.4. The van der Waals surface area contributed by atoms with Crippen LogP contribution in [0.15, 0.2) is 97.1 Å². The highest BCUT2D eigenvalue weighted by molar-refractivity contribution is 5.91. The fourth-order valence-corrected chi connectivity index (χ4v) is 5.56. The van der Waals surface area contributed by atoms with Crippen LogP contribution in [0.5, 0.6) is 23.0 Å². The molecule has 51 heavy (non-hydrogen) atoms. The lowest BCUT2D eigenvalue weighted by Crippen LogP contribution is -2.60. The van der Waals surface area contributed by atoms with Gasteiger partial charge in [0.1, 0.15) is 35.7 Å². The first kappa shape index (κ1) is 35.2. The molecule has 4 aromatic rings. The van der Waals surface area contributed by atoms with Crippen LogP contribution in [0.25, 0.3) is 0 Å². The van der Waals surface area contributed by atoms with E-state index >= 15 is 0 Å². The van der Waals surface area contributed by atoms with Crippen LogP contribution in [0.4, 0.5) is 0 Å². The second kappa shape index (κ2) is 15.9.